The van der Waals surface area contributed by atoms with E-state index in [4.69, 9.17) is 0 Å². The lowest BCUT2D eigenvalue weighted by molar-refractivity contribution is -0.136. The van der Waals surface area contributed by atoms with Crippen LogP contribution in [0.4, 0.5) is 0 Å². The molecule has 1 aromatic carbocycles. The van der Waals surface area contributed by atoms with Crippen LogP contribution in [0.2, 0.25) is 0 Å². The molecule has 0 radical (unpaired) electrons. The molecule has 4 heteroatoms. The van der Waals surface area contributed by atoms with Crippen LogP contribution in [-0.2, 0) is 11.2 Å². The molecule has 1 unspecified atom stereocenters. The van der Waals surface area contributed by atoms with Gasteiger partial charge in [-0.1, -0.05) is 30.3 Å². The summed E-state index contributed by atoms with van der Waals surface area (Å²) in [6.07, 6.45) is 8.57. The molecular weight excluding hydrogens is 346 g/mol. The Hall–Kier alpha value is -1.39. The average Bonchev–Trinajstić information content (AvgIpc) is 3.57. The third kappa shape index (κ3) is 5.36. The zero-order valence-electron chi connectivity index (χ0n) is 17.6. The van der Waals surface area contributed by atoms with Crippen molar-refractivity contribution in [3.63, 3.8) is 0 Å². The molecule has 154 valence electrons. The van der Waals surface area contributed by atoms with E-state index in [1.165, 1.54) is 63.8 Å². The molecule has 1 amide bonds. The average molecular weight is 384 g/mol. The van der Waals surface area contributed by atoms with Gasteiger partial charge in [0.15, 0.2) is 0 Å². The molecule has 4 rings (SSSR count). The van der Waals surface area contributed by atoms with Gasteiger partial charge in [0.05, 0.1) is 5.92 Å². The number of benzene rings is 1. The fourth-order valence-electron chi connectivity index (χ4n) is 5.07. The van der Waals surface area contributed by atoms with Gasteiger partial charge in [-0.15, -0.1) is 0 Å². The molecule has 0 bridgehead atoms. The molecule has 1 aliphatic carbocycles. The quantitative estimate of drug-likeness (QED) is 0.723. The fourth-order valence-corrected chi connectivity index (χ4v) is 5.07. The highest BCUT2D eigenvalue weighted by molar-refractivity contribution is 5.79. The third-order valence-electron chi connectivity index (χ3n) is 7.04. The molecule has 2 saturated heterocycles. The van der Waals surface area contributed by atoms with E-state index in [-0.39, 0.29) is 5.92 Å². The lowest BCUT2D eigenvalue weighted by Gasteiger charge is -2.42. The van der Waals surface area contributed by atoms with Crippen molar-refractivity contribution in [3.05, 3.63) is 35.9 Å². The molecule has 1 saturated carbocycles. The summed E-state index contributed by atoms with van der Waals surface area (Å²) in [7, 11) is 2.02. The van der Waals surface area contributed by atoms with Crippen molar-refractivity contribution in [2.45, 2.75) is 51.0 Å². The molecule has 1 aromatic rings. The number of rotatable bonds is 7. The number of likely N-dealkylation sites (tertiary alicyclic amines) is 2. The summed E-state index contributed by atoms with van der Waals surface area (Å²) in [5.41, 5.74) is 1.44. The van der Waals surface area contributed by atoms with Gasteiger partial charge >= 0.3 is 0 Å². The molecule has 0 spiro atoms. The molecule has 4 nitrogen and oxygen atoms in total. The summed E-state index contributed by atoms with van der Waals surface area (Å²) in [5, 5.41) is 0. The van der Waals surface area contributed by atoms with E-state index < -0.39 is 0 Å². The highest BCUT2D eigenvalue weighted by atomic mass is 16.2. The number of nitrogens with zero attached hydrogens (tertiary/aromatic N) is 3. The molecule has 28 heavy (non-hydrogen) atoms. The first kappa shape index (κ1) is 19.9. The Labute approximate surface area is 170 Å². The molecule has 3 aliphatic rings. The van der Waals surface area contributed by atoms with Gasteiger partial charge in [0.2, 0.25) is 5.91 Å². The molecule has 3 fully saturated rings. The zero-order valence-corrected chi connectivity index (χ0v) is 17.6. The monoisotopic (exact) mass is 383 g/mol. The number of amides is 1. The first-order valence-corrected chi connectivity index (χ1v) is 11.4. The van der Waals surface area contributed by atoms with Gasteiger partial charge in [-0.05, 0) is 76.1 Å². The molecule has 1 atom stereocenters. The first-order chi connectivity index (χ1) is 13.7. The van der Waals surface area contributed by atoms with E-state index in [9.17, 15) is 4.79 Å². The highest BCUT2D eigenvalue weighted by Crippen LogP contribution is 2.30. The Kier molecular flexibility index (Phi) is 6.69. The van der Waals surface area contributed by atoms with Gasteiger partial charge < -0.3 is 9.80 Å². The number of carbonyl (C=O) groups is 1. The molecule has 2 aliphatic heterocycles. The minimum atomic E-state index is 0.230. The van der Waals surface area contributed by atoms with Crippen molar-refractivity contribution in [1.29, 1.82) is 0 Å². The van der Waals surface area contributed by atoms with E-state index in [1.807, 2.05) is 11.9 Å². The number of hydrogen-bond donors (Lipinski definition) is 0. The second-order valence-corrected chi connectivity index (χ2v) is 9.30. The van der Waals surface area contributed by atoms with Gasteiger partial charge in [-0.25, -0.2) is 0 Å². The van der Waals surface area contributed by atoms with Crippen LogP contribution in [0.15, 0.2) is 30.3 Å². The van der Waals surface area contributed by atoms with Crippen LogP contribution in [0.25, 0.3) is 0 Å². The van der Waals surface area contributed by atoms with E-state index in [0.717, 1.165) is 31.8 Å². The van der Waals surface area contributed by atoms with Gasteiger partial charge in [0.1, 0.15) is 0 Å². The Morgan fingerprint density at radius 2 is 1.79 bits per heavy atom. The van der Waals surface area contributed by atoms with Crippen molar-refractivity contribution in [1.82, 2.24) is 14.7 Å². The topological polar surface area (TPSA) is 26.8 Å². The molecule has 0 aromatic heterocycles. The lowest BCUT2D eigenvalue weighted by atomic mass is 9.92. The Morgan fingerprint density at radius 3 is 2.50 bits per heavy atom. The summed E-state index contributed by atoms with van der Waals surface area (Å²) in [6, 6.07) is 11.5. The largest absolute Gasteiger partial charge is 0.345 e. The number of carbonyl (C=O) groups excluding carboxylic acids is 1. The van der Waals surface area contributed by atoms with Gasteiger partial charge in [-0.3, -0.25) is 9.69 Å². The van der Waals surface area contributed by atoms with E-state index in [0.29, 0.717) is 11.9 Å². The standard InChI is InChI=1S/C24H37N3O/c1-25(18-21-9-10-21)24(28)22-8-5-14-27(19-22)23-12-16-26(17-13-23)15-11-20-6-3-2-4-7-20/h2-4,6-7,21-23H,5,8-19H2,1H3. The predicted molar refractivity (Wildman–Crippen MR) is 114 cm³/mol. The summed E-state index contributed by atoms with van der Waals surface area (Å²) in [6.45, 7) is 6.73. The second kappa shape index (κ2) is 9.41. The minimum Gasteiger partial charge on any atom is -0.345 e. The number of piperidine rings is 2. The van der Waals surface area contributed by atoms with Crippen LogP contribution in [-0.4, -0.2) is 73.0 Å². The fraction of sp³-hybridized carbons (Fsp3) is 0.708. The second-order valence-electron chi connectivity index (χ2n) is 9.30. The Bertz CT molecular complexity index is 622. The SMILES string of the molecule is CN(CC1CC1)C(=O)C1CCCN(C2CCN(CCc3ccccc3)CC2)C1. The van der Waals surface area contributed by atoms with Gasteiger partial charge in [0, 0.05) is 32.7 Å². The van der Waals surface area contributed by atoms with Crippen LogP contribution in [0.1, 0.15) is 44.1 Å². The van der Waals surface area contributed by atoms with E-state index >= 15 is 0 Å². The van der Waals surface area contributed by atoms with Crippen LogP contribution in [0.5, 0.6) is 0 Å². The van der Waals surface area contributed by atoms with E-state index in [1.54, 1.807) is 0 Å². The van der Waals surface area contributed by atoms with Crippen molar-refractivity contribution >= 4 is 5.91 Å². The van der Waals surface area contributed by atoms with Crippen molar-refractivity contribution in [2.24, 2.45) is 11.8 Å². The molecule has 2 heterocycles. The Morgan fingerprint density at radius 1 is 1.04 bits per heavy atom. The van der Waals surface area contributed by atoms with Gasteiger partial charge in [-0.2, -0.15) is 0 Å². The van der Waals surface area contributed by atoms with Crippen LogP contribution >= 0.6 is 0 Å². The summed E-state index contributed by atoms with van der Waals surface area (Å²) >= 11 is 0. The van der Waals surface area contributed by atoms with Crippen molar-refractivity contribution in [3.8, 4) is 0 Å². The zero-order chi connectivity index (χ0) is 19.3. The van der Waals surface area contributed by atoms with Crippen molar-refractivity contribution < 1.29 is 4.79 Å². The summed E-state index contributed by atoms with van der Waals surface area (Å²) in [5.74, 6) is 1.42. The predicted octanol–water partition coefficient (Wildman–Crippen LogP) is 3.27. The molecule has 0 N–H and O–H groups in total. The van der Waals surface area contributed by atoms with Crippen LogP contribution in [0.3, 0.4) is 0 Å². The minimum absolute atomic E-state index is 0.230. The normalized spacial score (nSPS) is 25.0. The first-order valence-electron chi connectivity index (χ1n) is 11.4. The summed E-state index contributed by atoms with van der Waals surface area (Å²) < 4.78 is 0. The maximum absolute atomic E-state index is 12.9. The third-order valence-corrected chi connectivity index (χ3v) is 7.04. The van der Waals surface area contributed by atoms with Crippen LogP contribution < -0.4 is 0 Å². The van der Waals surface area contributed by atoms with E-state index in [2.05, 4.69) is 40.1 Å². The van der Waals surface area contributed by atoms with Crippen LogP contribution in [0, 0.1) is 11.8 Å². The number of hydrogen-bond acceptors (Lipinski definition) is 3. The Balaban J connectivity index is 1.21. The maximum atomic E-state index is 12.9. The lowest BCUT2D eigenvalue weighted by Crippen LogP contribution is -2.51. The van der Waals surface area contributed by atoms with Crippen molar-refractivity contribution in [2.75, 3.05) is 46.3 Å². The van der Waals surface area contributed by atoms with Gasteiger partial charge in [0.25, 0.3) is 0 Å². The summed E-state index contributed by atoms with van der Waals surface area (Å²) in [4.78, 5) is 20.1. The molecular formula is C24H37N3O. The smallest absolute Gasteiger partial charge is 0.226 e. The highest BCUT2D eigenvalue weighted by Gasteiger charge is 2.34. The maximum Gasteiger partial charge on any atom is 0.226 e.